The Balaban J connectivity index is 2.62. The van der Waals surface area contributed by atoms with Crippen molar-refractivity contribution in [1.29, 1.82) is 0 Å². The van der Waals surface area contributed by atoms with Crippen LogP contribution in [0.25, 0.3) is 0 Å². The second-order valence-electron chi connectivity index (χ2n) is 4.88. The summed E-state index contributed by atoms with van der Waals surface area (Å²) in [4.78, 5) is 11.0. The average Bonchev–Trinajstić information content (AvgIpc) is 2.17. The molecule has 1 aromatic rings. The third kappa shape index (κ3) is 3.66. The smallest absolute Gasteiger partial charge is 0.333 e. The van der Waals surface area contributed by atoms with E-state index in [0.717, 1.165) is 5.56 Å². The minimum absolute atomic E-state index is 0.328. The van der Waals surface area contributed by atoms with Crippen molar-refractivity contribution >= 4 is 5.97 Å². The van der Waals surface area contributed by atoms with E-state index in [4.69, 9.17) is 9.84 Å². The van der Waals surface area contributed by atoms with E-state index < -0.39 is 17.5 Å². The van der Waals surface area contributed by atoms with Crippen molar-refractivity contribution in [3.63, 3.8) is 0 Å². The number of hydrogen-bond donors (Lipinski definition) is 1. The summed E-state index contributed by atoms with van der Waals surface area (Å²) in [6.07, 6.45) is -0.785. The molecule has 0 radical (unpaired) electrons. The van der Waals surface area contributed by atoms with Crippen LogP contribution in [0.15, 0.2) is 30.3 Å². The van der Waals surface area contributed by atoms with Crippen LogP contribution in [-0.2, 0) is 16.1 Å². The van der Waals surface area contributed by atoms with Gasteiger partial charge in [-0.05, 0) is 11.0 Å². The second-order valence-corrected chi connectivity index (χ2v) is 4.88. The standard InChI is InChI=1S/C13H18O3/c1-13(2,3)11(12(14)15)16-9-10-7-5-4-6-8-10/h4-8,11H,9H2,1-3H3,(H,14,15). The van der Waals surface area contributed by atoms with Gasteiger partial charge in [0.15, 0.2) is 6.10 Å². The minimum atomic E-state index is -0.913. The third-order valence-electron chi connectivity index (χ3n) is 2.27. The molecule has 0 aromatic heterocycles. The maximum absolute atomic E-state index is 11.0. The van der Waals surface area contributed by atoms with Gasteiger partial charge in [-0.25, -0.2) is 4.79 Å². The number of carbonyl (C=O) groups is 1. The molecule has 1 aromatic carbocycles. The van der Waals surface area contributed by atoms with Gasteiger partial charge >= 0.3 is 5.97 Å². The van der Waals surface area contributed by atoms with Gasteiger partial charge in [0.2, 0.25) is 0 Å². The van der Waals surface area contributed by atoms with E-state index >= 15 is 0 Å². The zero-order chi connectivity index (χ0) is 12.2. The monoisotopic (exact) mass is 222 g/mol. The molecule has 1 unspecified atom stereocenters. The van der Waals surface area contributed by atoms with Crippen LogP contribution >= 0.6 is 0 Å². The first kappa shape index (κ1) is 12.7. The summed E-state index contributed by atoms with van der Waals surface area (Å²) < 4.78 is 5.45. The summed E-state index contributed by atoms with van der Waals surface area (Å²) in [5.41, 5.74) is 0.582. The fraction of sp³-hybridized carbons (Fsp3) is 0.462. The van der Waals surface area contributed by atoms with Gasteiger partial charge < -0.3 is 9.84 Å². The van der Waals surface area contributed by atoms with Gasteiger partial charge in [0.05, 0.1) is 6.61 Å². The number of rotatable bonds is 4. The summed E-state index contributed by atoms with van der Waals surface area (Å²) in [6.45, 7) is 5.90. The van der Waals surface area contributed by atoms with E-state index in [2.05, 4.69) is 0 Å². The highest BCUT2D eigenvalue weighted by atomic mass is 16.5. The van der Waals surface area contributed by atoms with Crippen LogP contribution in [0, 0.1) is 5.41 Å². The zero-order valence-electron chi connectivity index (χ0n) is 9.93. The van der Waals surface area contributed by atoms with Crippen LogP contribution in [0.2, 0.25) is 0 Å². The van der Waals surface area contributed by atoms with Crippen molar-refractivity contribution in [1.82, 2.24) is 0 Å². The fourth-order valence-corrected chi connectivity index (χ4v) is 1.45. The first-order valence-corrected chi connectivity index (χ1v) is 5.29. The maximum Gasteiger partial charge on any atom is 0.333 e. The minimum Gasteiger partial charge on any atom is -0.479 e. The highest BCUT2D eigenvalue weighted by molar-refractivity contribution is 5.73. The Hall–Kier alpha value is -1.35. The molecule has 0 bridgehead atoms. The Morgan fingerprint density at radius 2 is 1.88 bits per heavy atom. The van der Waals surface area contributed by atoms with Crippen LogP contribution in [0.5, 0.6) is 0 Å². The number of benzene rings is 1. The summed E-state index contributed by atoms with van der Waals surface area (Å²) in [5, 5.41) is 9.06. The molecule has 1 N–H and O–H groups in total. The molecule has 0 aliphatic heterocycles. The van der Waals surface area contributed by atoms with Gasteiger partial charge in [0.1, 0.15) is 0 Å². The SMILES string of the molecule is CC(C)(C)C(OCc1ccccc1)C(=O)O. The molecule has 0 aliphatic carbocycles. The predicted molar refractivity (Wildman–Crippen MR) is 62.1 cm³/mol. The molecule has 0 amide bonds. The largest absolute Gasteiger partial charge is 0.479 e. The quantitative estimate of drug-likeness (QED) is 0.852. The number of hydrogen-bond acceptors (Lipinski definition) is 2. The van der Waals surface area contributed by atoms with Crippen LogP contribution in [0.4, 0.5) is 0 Å². The second kappa shape index (κ2) is 5.12. The van der Waals surface area contributed by atoms with E-state index in [1.165, 1.54) is 0 Å². The first-order chi connectivity index (χ1) is 7.41. The van der Waals surface area contributed by atoms with Crippen LogP contribution in [-0.4, -0.2) is 17.2 Å². The van der Waals surface area contributed by atoms with E-state index in [0.29, 0.717) is 6.61 Å². The lowest BCUT2D eigenvalue weighted by Gasteiger charge is -2.26. The summed E-state index contributed by atoms with van der Waals surface area (Å²) in [5.74, 6) is -0.913. The van der Waals surface area contributed by atoms with E-state index in [9.17, 15) is 4.79 Å². The summed E-state index contributed by atoms with van der Waals surface area (Å²) >= 11 is 0. The molecule has 88 valence electrons. The molecule has 0 fully saturated rings. The number of carboxylic acid groups (broad SMARTS) is 1. The number of aliphatic carboxylic acids is 1. The summed E-state index contributed by atoms with van der Waals surface area (Å²) in [7, 11) is 0. The predicted octanol–water partition coefficient (Wildman–Crippen LogP) is 2.70. The average molecular weight is 222 g/mol. The van der Waals surface area contributed by atoms with Crippen LogP contribution < -0.4 is 0 Å². The van der Waals surface area contributed by atoms with Crippen molar-refractivity contribution in [2.75, 3.05) is 0 Å². The van der Waals surface area contributed by atoms with Crippen molar-refractivity contribution in [2.24, 2.45) is 5.41 Å². The molecule has 3 heteroatoms. The van der Waals surface area contributed by atoms with Gasteiger partial charge in [0.25, 0.3) is 0 Å². The summed E-state index contributed by atoms with van der Waals surface area (Å²) in [6, 6.07) is 9.57. The first-order valence-electron chi connectivity index (χ1n) is 5.29. The Labute approximate surface area is 96.1 Å². The molecular weight excluding hydrogens is 204 g/mol. The molecule has 0 spiro atoms. The molecule has 0 saturated carbocycles. The molecule has 0 aliphatic rings. The molecule has 0 saturated heterocycles. The van der Waals surface area contributed by atoms with E-state index in [1.54, 1.807) is 0 Å². The lowest BCUT2D eigenvalue weighted by Crippen LogP contribution is -2.36. The van der Waals surface area contributed by atoms with Crippen LogP contribution in [0.3, 0.4) is 0 Å². The topological polar surface area (TPSA) is 46.5 Å². The van der Waals surface area contributed by atoms with Crippen LogP contribution in [0.1, 0.15) is 26.3 Å². The van der Waals surface area contributed by atoms with Crippen molar-refractivity contribution < 1.29 is 14.6 Å². The third-order valence-corrected chi connectivity index (χ3v) is 2.27. The highest BCUT2D eigenvalue weighted by Crippen LogP contribution is 2.23. The Bertz CT molecular complexity index is 338. The lowest BCUT2D eigenvalue weighted by molar-refractivity contribution is -0.159. The molecule has 3 nitrogen and oxygen atoms in total. The van der Waals surface area contributed by atoms with Crippen molar-refractivity contribution in [3.8, 4) is 0 Å². The Morgan fingerprint density at radius 1 is 1.31 bits per heavy atom. The molecule has 16 heavy (non-hydrogen) atoms. The Kier molecular flexibility index (Phi) is 4.07. The zero-order valence-corrected chi connectivity index (χ0v) is 9.93. The van der Waals surface area contributed by atoms with Gasteiger partial charge in [0, 0.05) is 0 Å². The molecule has 1 atom stereocenters. The number of carboxylic acids is 1. The number of ether oxygens (including phenoxy) is 1. The maximum atomic E-state index is 11.0. The Morgan fingerprint density at radius 3 is 2.31 bits per heavy atom. The van der Waals surface area contributed by atoms with E-state index in [-0.39, 0.29) is 0 Å². The lowest BCUT2D eigenvalue weighted by atomic mass is 9.89. The normalized spacial score (nSPS) is 13.4. The molecular formula is C13H18O3. The van der Waals surface area contributed by atoms with Crippen molar-refractivity contribution in [2.45, 2.75) is 33.5 Å². The van der Waals surface area contributed by atoms with Crippen molar-refractivity contribution in [3.05, 3.63) is 35.9 Å². The van der Waals surface area contributed by atoms with Gasteiger partial charge in [-0.15, -0.1) is 0 Å². The molecule has 0 heterocycles. The van der Waals surface area contributed by atoms with Gasteiger partial charge in [-0.1, -0.05) is 51.1 Å². The molecule has 1 rings (SSSR count). The van der Waals surface area contributed by atoms with E-state index in [1.807, 2.05) is 51.1 Å². The van der Waals surface area contributed by atoms with Gasteiger partial charge in [-0.2, -0.15) is 0 Å². The highest BCUT2D eigenvalue weighted by Gasteiger charge is 2.31. The fourth-order valence-electron chi connectivity index (χ4n) is 1.45. The van der Waals surface area contributed by atoms with Gasteiger partial charge in [-0.3, -0.25) is 0 Å².